The second-order valence-corrected chi connectivity index (χ2v) is 3.17. The largest absolute Gasteiger partial charge is 0.495 e. The molecule has 0 spiro atoms. The maximum atomic E-state index is 9.96. The van der Waals surface area contributed by atoms with Crippen LogP contribution >= 0.6 is 11.6 Å². The van der Waals surface area contributed by atoms with E-state index in [2.05, 4.69) is 4.99 Å². The lowest BCUT2D eigenvalue weighted by Crippen LogP contribution is -1.93. The first-order valence-electron chi connectivity index (χ1n) is 4.06. The van der Waals surface area contributed by atoms with Crippen molar-refractivity contribution < 1.29 is 9.53 Å². The van der Waals surface area contributed by atoms with Crippen molar-refractivity contribution in [2.45, 2.75) is 13.5 Å². The third-order valence-electron chi connectivity index (χ3n) is 1.89. The number of hydrogen-bond donors (Lipinski definition) is 0. The van der Waals surface area contributed by atoms with Crippen molar-refractivity contribution in [3.8, 4) is 5.75 Å². The van der Waals surface area contributed by atoms with E-state index in [1.165, 1.54) is 13.2 Å². The van der Waals surface area contributed by atoms with Crippen molar-refractivity contribution in [1.82, 2.24) is 0 Å². The first-order chi connectivity index (χ1) is 6.70. The minimum atomic E-state index is 0.243. The SMILES string of the molecule is COc1c(CN=C=O)ccc(C)c1Cl. The second kappa shape index (κ2) is 4.80. The fraction of sp³-hybridized carbons (Fsp3) is 0.300. The Morgan fingerprint density at radius 1 is 1.57 bits per heavy atom. The van der Waals surface area contributed by atoms with E-state index in [4.69, 9.17) is 16.3 Å². The van der Waals surface area contributed by atoms with Crippen molar-refractivity contribution in [2.24, 2.45) is 4.99 Å². The molecule has 0 saturated heterocycles. The molecule has 0 aliphatic carbocycles. The number of carbonyl (C=O) groups excluding carboxylic acids is 1. The molecule has 0 radical (unpaired) electrons. The maximum Gasteiger partial charge on any atom is 0.235 e. The fourth-order valence-corrected chi connectivity index (χ4v) is 1.42. The lowest BCUT2D eigenvalue weighted by Gasteiger charge is -2.09. The van der Waals surface area contributed by atoms with Crippen molar-refractivity contribution in [2.75, 3.05) is 7.11 Å². The van der Waals surface area contributed by atoms with Gasteiger partial charge in [0.2, 0.25) is 6.08 Å². The first-order valence-corrected chi connectivity index (χ1v) is 4.44. The third-order valence-corrected chi connectivity index (χ3v) is 2.36. The van der Waals surface area contributed by atoms with Gasteiger partial charge in [0.05, 0.1) is 18.7 Å². The highest BCUT2D eigenvalue weighted by Gasteiger charge is 2.09. The molecule has 0 aliphatic heterocycles. The van der Waals surface area contributed by atoms with E-state index in [1.54, 1.807) is 0 Å². The van der Waals surface area contributed by atoms with E-state index in [-0.39, 0.29) is 6.54 Å². The molecule has 1 rings (SSSR count). The Kier molecular flexibility index (Phi) is 3.69. The summed E-state index contributed by atoms with van der Waals surface area (Å²) in [6.07, 6.45) is 1.48. The normalized spacial score (nSPS) is 9.36. The molecule has 4 heteroatoms. The molecule has 0 unspecified atom stereocenters. The van der Waals surface area contributed by atoms with Crippen LogP contribution in [0.25, 0.3) is 0 Å². The smallest absolute Gasteiger partial charge is 0.235 e. The Morgan fingerprint density at radius 2 is 2.29 bits per heavy atom. The van der Waals surface area contributed by atoms with Crippen LogP contribution in [0.5, 0.6) is 5.75 Å². The molecule has 0 atom stereocenters. The molecule has 0 heterocycles. The van der Waals surface area contributed by atoms with Gasteiger partial charge in [0.1, 0.15) is 5.75 Å². The Bertz CT molecular complexity index is 384. The Balaban J connectivity index is 3.16. The molecule has 0 bridgehead atoms. The number of ether oxygens (including phenoxy) is 1. The summed E-state index contributed by atoms with van der Waals surface area (Å²) in [5.74, 6) is 0.575. The van der Waals surface area contributed by atoms with Crippen LogP contribution in [0.4, 0.5) is 0 Å². The highest BCUT2D eigenvalue weighted by molar-refractivity contribution is 6.32. The van der Waals surface area contributed by atoms with Crippen molar-refractivity contribution in [3.63, 3.8) is 0 Å². The lowest BCUT2D eigenvalue weighted by atomic mass is 10.1. The average molecular weight is 212 g/mol. The summed E-state index contributed by atoms with van der Waals surface area (Å²) in [6, 6.07) is 3.70. The molecule has 0 saturated carbocycles. The Morgan fingerprint density at radius 3 is 2.86 bits per heavy atom. The van der Waals surface area contributed by atoms with E-state index in [0.717, 1.165) is 11.1 Å². The quantitative estimate of drug-likeness (QED) is 0.569. The van der Waals surface area contributed by atoms with Crippen LogP contribution in [0.3, 0.4) is 0 Å². The van der Waals surface area contributed by atoms with Crippen LogP contribution in [-0.2, 0) is 11.3 Å². The number of hydrogen-bond acceptors (Lipinski definition) is 3. The van der Waals surface area contributed by atoms with E-state index >= 15 is 0 Å². The molecule has 1 aromatic carbocycles. The van der Waals surface area contributed by atoms with Crippen LogP contribution in [0.15, 0.2) is 17.1 Å². The highest BCUT2D eigenvalue weighted by atomic mass is 35.5. The van der Waals surface area contributed by atoms with Crippen LogP contribution < -0.4 is 4.74 Å². The zero-order valence-electron chi connectivity index (χ0n) is 8.00. The maximum absolute atomic E-state index is 9.96. The summed E-state index contributed by atoms with van der Waals surface area (Å²) in [5, 5.41) is 0.561. The van der Waals surface area contributed by atoms with Crippen molar-refractivity contribution >= 4 is 17.7 Å². The number of rotatable bonds is 3. The minimum Gasteiger partial charge on any atom is -0.495 e. The number of benzene rings is 1. The number of aryl methyl sites for hydroxylation is 1. The van der Waals surface area contributed by atoms with Gasteiger partial charge in [0.15, 0.2) is 0 Å². The van der Waals surface area contributed by atoms with Crippen molar-refractivity contribution in [1.29, 1.82) is 0 Å². The number of methoxy groups -OCH3 is 1. The fourth-order valence-electron chi connectivity index (χ4n) is 1.16. The van der Waals surface area contributed by atoms with Crippen LogP contribution in [0.2, 0.25) is 5.02 Å². The number of aliphatic imine (C=N–C) groups is 1. The molecule has 0 aromatic heterocycles. The van der Waals surface area contributed by atoms with Crippen molar-refractivity contribution in [3.05, 3.63) is 28.3 Å². The molecule has 0 amide bonds. The lowest BCUT2D eigenvalue weighted by molar-refractivity contribution is 0.410. The van der Waals surface area contributed by atoms with Gasteiger partial charge in [-0.3, -0.25) is 0 Å². The predicted molar refractivity (Wildman–Crippen MR) is 54.6 cm³/mol. The molecule has 0 N–H and O–H groups in total. The zero-order chi connectivity index (χ0) is 10.6. The van der Waals surface area contributed by atoms with E-state index in [9.17, 15) is 4.79 Å². The highest BCUT2D eigenvalue weighted by Crippen LogP contribution is 2.31. The minimum absolute atomic E-state index is 0.243. The summed E-state index contributed by atoms with van der Waals surface area (Å²) in [5.41, 5.74) is 1.72. The first kappa shape index (κ1) is 10.8. The molecular formula is C10H10ClNO2. The number of halogens is 1. The zero-order valence-corrected chi connectivity index (χ0v) is 8.76. The van der Waals surface area contributed by atoms with E-state index < -0.39 is 0 Å². The van der Waals surface area contributed by atoms with Gasteiger partial charge in [-0.25, -0.2) is 9.79 Å². The van der Waals surface area contributed by atoms with Gasteiger partial charge < -0.3 is 4.74 Å². The Labute approximate surface area is 87.4 Å². The van der Waals surface area contributed by atoms with Crippen LogP contribution in [-0.4, -0.2) is 13.2 Å². The summed E-state index contributed by atoms with van der Waals surface area (Å²) in [6.45, 7) is 2.13. The molecular weight excluding hydrogens is 202 g/mol. The molecule has 14 heavy (non-hydrogen) atoms. The summed E-state index contributed by atoms with van der Waals surface area (Å²) in [7, 11) is 1.54. The second-order valence-electron chi connectivity index (χ2n) is 2.80. The van der Waals surface area contributed by atoms with Gasteiger partial charge in [-0.2, -0.15) is 0 Å². The molecule has 1 aromatic rings. The Hall–Kier alpha value is -1.31. The summed E-state index contributed by atoms with van der Waals surface area (Å²) >= 11 is 6.01. The number of nitrogens with zero attached hydrogens (tertiary/aromatic N) is 1. The van der Waals surface area contributed by atoms with Gasteiger partial charge in [-0.1, -0.05) is 23.7 Å². The predicted octanol–water partition coefficient (Wildman–Crippen LogP) is 2.49. The monoisotopic (exact) mass is 211 g/mol. The molecule has 0 aliphatic rings. The van der Waals surface area contributed by atoms with E-state index in [1.807, 2.05) is 19.1 Å². The molecule has 0 fully saturated rings. The third kappa shape index (κ3) is 2.13. The summed E-state index contributed by atoms with van der Waals surface area (Å²) in [4.78, 5) is 13.4. The van der Waals surface area contributed by atoms with Crippen LogP contribution in [0.1, 0.15) is 11.1 Å². The topological polar surface area (TPSA) is 38.7 Å². The standard InChI is InChI=1S/C10H10ClNO2/c1-7-3-4-8(5-12-6-13)10(14-2)9(7)11/h3-4H,5H2,1-2H3. The number of isocyanates is 1. The van der Waals surface area contributed by atoms with Crippen LogP contribution in [0, 0.1) is 6.92 Å². The van der Waals surface area contributed by atoms with Gasteiger partial charge in [0, 0.05) is 5.56 Å². The van der Waals surface area contributed by atoms with Gasteiger partial charge in [0.25, 0.3) is 0 Å². The molecule has 3 nitrogen and oxygen atoms in total. The van der Waals surface area contributed by atoms with Gasteiger partial charge >= 0.3 is 0 Å². The molecule has 74 valence electrons. The van der Waals surface area contributed by atoms with E-state index in [0.29, 0.717) is 10.8 Å². The van der Waals surface area contributed by atoms with Gasteiger partial charge in [-0.05, 0) is 12.5 Å². The average Bonchev–Trinajstić information content (AvgIpc) is 2.20. The van der Waals surface area contributed by atoms with Gasteiger partial charge in [-0.15, -0.1) is 0 Å². The summed E-state index contributed by atoms with van der Waals surface area (Å²) < 4.78 is 5.13.